The first-order chi connectivity index (χ1) is 7.81. The van der Waals surface area contributed by atoms with Crippen molar-refractivity contribution in [3.63, 3.8) is 0 Å². The van der Waals surface area contributed by atoms with Crippen molar-refractivity contribution < 1.29 is 14.3 Å². The number of carbonyl (C=O) groups excluding carboxylic acids is 1. The van der Waals surface area contributed by atoms with Crippen molar-refractivity contribution in [1.82, 2.24) is 0 Å². The lowest BCUT2D eigenvalue weighted by atomic mass is 10.2. The third-order valence-corrected chi connectivity index (χ3v) is 2.03. The van der Waals surface area contributed by atoms with Crippen LogP contribution in [0.4, 0.5) is 10.5 Å². The van der Waals surface area contributed by atoms with E-state index in [9.17, 15) is 4.79 Å². The Bertz CT molecular complexity index is 413. The number of halogens is 1. The number of nitrogens with one attached hydrogen (secondary N) is 1. The van der Waals surface area contributed by atoms with Crippen LogP contribution in [0.5, 0.6) is 5.75 Å². The van der Waals surface area contributed by atoms with Crippen molar-refractivity contribution in [1.29, 1.82) is 0 Å². The number of hydrogen-bond donors (Lipinski definition) is 1. The molecule has 1 aromatic carbocycles. The highest BCUT2D eigenvalue weighted by atomic mass is 35.5. The Morgan fingerprint density at radius 2 is 2.00 bits per heavy atom. The number of methoxy groups -OCH3 is 1. The molecule has 1 rings (SSSR count). The predicted octanol–water partition coefficient (Wildman–Crippen LogP) is 3.70. The van der Waals surface area contributed by atoms with Crippen LogP contribution in [0.3, 0.4) is 0 Å². The second kappa shape index (κ2) is 5.27. The molecule has 4 nitrogen and oxygen atoms in total. The molecule has 94 valence electrons. The number of rotatable bonds is 2. The highest BCUT2D eigenvalue weighted by Gasteiger charge is 2.17. The van der Waals surface area contributed by atoms with Crippen molar-refractivity contribution in [2.75, 3.05) is 12.4 Å². The van der Waals surface area contributed by atoms with Crippen molar-refractivity contribution >= 4 is 23.4 Å². The summed E-state index contributed by atoms with van der Waals surface area (Å²) in [6.45, 7) is 5.38. The SMILES string of the molecule is COc1ccc(Cl)cc1NC(=O)OC(C)(C)C. The van der Waals surface area contributed by atoms with Crippen LogP contribution in [0.15, 0.2) is 18.2 Å². The van der Waals surface area contributed by atoms with Gasteiger partial charge in [0.15, 0.2) is 0 Å². The van der Waals surface area contributed by atoms with E-state index in [1.807, 2.05) is 0 Å². The molecule has 0 atom stereocenters. The molecule has 0 fully saturated rings. The van der Waals surface area contributed by atoms with Crippen LogP contribution in [-0.2, 0) is 4.74 Å². The maximum atomic E-state index is 11.6. The zero-order valence-corrected chi connectivity index (χ0v) is 11.1. The molecule has 0 aromatic heterocycles. The first-order valence-electron chi connectivity index (χ1n) is 5.15. The van der Waals surface area contributed by atoms with Gasteiger partial charge in [-0.15, -0.1) is 0 Å². The van der Waals surface area contributed by atoms with Gasteiger partial charge in [0.1, 0.15) is 11.4 Å². The number of benzene rings is 1. The molecule has 0 aliphatic carbocycles. The van der Waals surface area contributed by atoms with Gasteiger partial charge in [-0.05, 0) is 39.0 Å². The van der Waals surface area contributed by atoms with Gasteiger partial charge in [-0.25, -0.2) is 4.79 Å². The van der Waals surface area contributed by atoms with Crippen LogP contribution in [0.2, 0.25) is 5.02 Å². The molecule has 5 heteroatoms. The third kappa shape index (κ3) is 4.53. The van der Waals surface area contributed by atoms with Crippen LogP contribution < -0.4 is 10.1 Å². The summed E-state index contributed by atoms with van der Waals surface area (Å²) in [5.41, 5.74) is -0.0650. The van der Waals surface area contributed by atoms with Crippen molar-refractivity contribution in [2.45, 2.75) is 26.4 Å². The third-order valence-electron chi connectivity index (χ3n) is 1.80. The number of ether oxygens (including phenoxy) is 2. The lowest BCUT2D eigenvalue weighted by Gasteiger charge is -2.20. The molecule has 0 spiro atoms. The van der Waals surface area contributed by atoms with E-state index in [1.54, 1.807) is 39.0 Å². The quantitative estimate of drug-likeness (QED) is 0.879. The van der Waals surface area contributed by atoms with Crippen molar-refractivity contribution in [3.8, 4) is 5.75 Å². The van der Waals surface area contributed by atoms with E-state index in [2.05, 4.69) is 5.32 Å². The van der Waals surface area contributed by atoms with Crippen LogP contribution >= 0.6 is 11.6 Å². The van der Waals surface area contributed by atoms with Gasteiger partial charge < -0.3 is 9.47 Å². The minimum Gasteiger partial charge on any atom is -0.495 e. The number of carbonyl (C=O) groups is 1. The zero-order chi connectivity index (χ0) is 13.1. The standard InChI is InChI=1S/C12H16ClNO3/c1-12(2,3)17-11(15)14-9-7-8(13)5-6-10(9)16-4/h5-7H,1-4H3,(H,14,15). The van der Waals surface area contributed by atoms with E-state index in [0.717, 1.165) is 0 Å². The Hall–Kier alpha value is -1.42. The molecule has 1 N–H and O–H groups in total. The van der Waals surface area contributed by atoms with E-state index in [0.29, 0.717) is 16.5 Å². The molecule has 0 aliphatic rings. The fourth-order valence-electron chi connectivity index (χ4n) is 1.19. The summed E-state index contributed by atoms with van der Waals surface area (Å²) in [6.07, 6.45) is -0.543. The molecule has 0 unspecified atom stereocenters. The minimum absolute atomic E-state index is 0.481. The van der Waals surface area contributed by atoms with Crippen LogP contribution in [0, 0.1) is 0 Å². The summed E-state index contributed by atoms with van der Waals surface area (Å²) < 4.78 is 10.2. The largest absolute Gasteiger partial charge is 0.495 e. The van der Waals surface area contributed by atoms with Crippen molar-refractivity contribution in [2.24, 2.45) is 0 Å². The van der Waals surface area contributed by atoms with E-state index in [4.69, 9.17) is 21.1 Å². The fourth-order valence-corrected chi connectivity index (χ4v) is 1.36. The first kappa shape index (κ1) is 13.6. The Balaban J connectivity index is 2.80. The monoisotopic (exact) mass is 257 g/mol. The van der Waals surface area contributed by atoms with Crippen molar-refractivity contribution in [3.05, 3.63) is 23.2 Å². The number of amides is 1. The second-order valence-electron chi connectivity index (χ2n) is 4.47. The van der Waals surface area contributed by atoms with Crippen LogP contribution in [0.25, 0.3) is 0 Å². The summed E-state index contributed by atoms with van der Waals surface area (Å²) in [6, 6.07) is 4.96. The average molecular weight is 258 g/mol. The van der Waals surface area contributed by atoms with Gasteiger partial charge in [0.2, 0.25) is 0 Å². The predicted molar refractivity (Wildman–Crippen MR) is 67.9 cm³/mol. The van der Waals surface area contributed by atoms with Gasteiger partial charge in [0, 0.05) is 5.02 Å². The van der Waals surface area contributed by atoms with Gasteiger partial charge in [-0.1, -0.05) is 11.6 Å². The highest BCUT2D eigenvalue weighted by Crippen LogP contribution is 2.28. The van der Waals surface area contributed by atoms with Gasteiger partial charge >= 0.3 is 6.09 Å². The average Bonchev–Trinajstić information content (AvgIpc) is 2.14. The molecule has 0 bridgehead atoms. The molecular formula is C12H16ClNO3. The molecule has 0 radical (unpaired) electrons. The van der Waals surface area contributed by atoms with E-state index in [-0.39, 0.29) is 0 Å². The van der Waals surface area contributed by atoms with Crippen LogP contribution in [-0.4, -0.2) is 18.8 Å². The molecule has 17 heavy (non-hydrogen) atoms. The molecule has 1 aromatic rings. The normalized spacial score (nSPS) is 10.9. The minimum atomic E-state index is -0.546. The fraction of sp³-hybridized carbons (Fsp3) is 0.417. The lowest BCUT2D eigenvalue weighted by Crippen LogP contribution is -2.27. The summed E-state index contributed by atoms with van der Waals surface area (Å²) >= 11 is 5.84. The number of anilines is 1. The maximum Gasteiger partial charge on any atom is 0.412 e. The molecule has 0 saturated carbocycles. The summed E-state index contributed by atoms with van der Waals surface area (Å²) in [4.78, 5) is 11.6. The summed E-state index contributed by atoms with van der Waals surface area (Å²) in [5.74, 6) is 0.528. The molecule has 1 amide bonds. The Labute approximate surface area is 106 Å². The van der Waals surface area contributed by atoms with Gasteiger partial charge in [0.25, 0.3) is 0 Å². The van der Waals surface area contributed by atoms with E-state index in [1.165, 1.54) is 7.11 Å². The molecular weight excluding hydrogens is 242 g/mol. The van der Waals surface area contributed by atoms with Crippen LogP contribution in [0.1, 0.15) is 20.8 Å². The number of hydrogen-bond acceptors (Lipinski definition) is 3. The first-order valence-corrected chi connectivity index (χ1v) is 5.53. The van der Waals surface area contributed by atoms with Gasteiger partial charge in [-0.3, -0.25) is 5.32 Å². The molecule has 0 saturated heterocycles. The van der Waals surface area contributed by atoms with E-state index >= 15 is 0 Å². The Morgan fingerprint density at radius 3 is 2.53 bits per heavy atom. The smallest absolute Gasteiger partial charge is 0.412 e. The van der Waals surface area contributed by atoms with Gasteiger partial charge in [-0.2, -0.15) is 0 Å². The molecule has 0 aliphatic heterocycles. The van der Waals surface area contributed by atoms with E-state index < -0.39 is 11.7 Å². The Kier molecular flexibility index (Phi) is 4.23. The molecule has 0 heterocycles. The maximum absolute atomic E-state index is 11.6. The summed E-state index contributed by atoms with van der Waals surface area (Å²) in [5, 5.41) is 3.10. The second-order valence-corrected chi connectivity index (χ2v) is 4.91. The zero-order valence-electron chi connectivity index (χ0n) is 10.3. The van der Waals surface area contributed by atoms with Gasteiger partial charge in [0.05, 0.1) is 12.8 Å². The summed E-state index contributed by atoms with van der Waals surface area (Å²) in [7, 11) is 1.52. The Morgan fingerprint density at radius 1 is 1.35 bits per heavy atom. The lowest BCUT2D eigenvalue weighted by molar-refractivity contribution is 0.0635. The topological polar surface area (TPSA) is 47.6 Å². The highest BCUT2D eigenvalue weighted by molar-refractivity contribution is 6.31.